The van der Waals surface area contributed by atoms with Crippen molar-refractivity contribution in [2.24, 2.45) is 0 Å². The number of aryl methyl sites for hydroxylation is 1. The normalized spacial score (nSPS) is 12.5. The summed E-state index contributed by atoms with van der Waals surface area (Å²) in [7, 11) is 1.54. The molecular weight excluding hydrogens is 305 g/mol. The van der Waals surface area contributed by atoms with Crippen LogP contribution in [0.25, 0.3) is 0 Å². The fourth-order valence-corrected chi connectivity index (χ4v) is 2.61. The van der Waals surface area contributed by atoms with Crippen LogP contribution in [0.2, 0.25) is 0 Å². The smallest absolute Gasteiger partial charge is 0.308 e. The van der Waals surface area contributed by atoms with Crippen LogP contribution in [0.5, 0.6) is 0 Å². The van der Waals surface area contributed by atoms with Crippen LogP contribution in [0.3, 0.4) is 0 Å². The lowest BCUT2D eigenvalue weighted by Gasteiger charge is -2.14. The molecule has 2 atom stereocenters. The lowest BCUT2D eigenvalue weighted by atomic mass is 9.91. The molecular formula is C15H24NO5P. The van der Waals surface area contributed by atoms with Gasteiger partial charge in [-0.15, -0.1) is 0 Å². The van der Waals surface area contributed by atoms with E-state index < -0.39 is 0 Å². The standard InChI is InChI=1S/C15H24NO5P/c1-10-11(2)20-16-15(10)12(6-5-7-13(17)19-3)8-9-14(18)21-22-4/h12,22H,5-9H2,1-4H3. The van der Waals surface area contributed by atoms with E-state index in [4.69, 9.17) is 9.05 Å². The maximum atomic E-state index is 11.6. The van der Waals surface area contributed by atoms with Gasteiger partial charge in [-0.05, 0) is 39.8 Å². The van der Waals surface area contributed by atoms with Gasteiger partial charge in [0.2, 0.25) is 0 Å². The molecule has 0 spiro atoms. The van der Waals surface area contributed by atoms with E-state index in [1.165, 1.54) is 7.11 Å². The Morgan fingerprint density at radius 2 is 1.95 bits per heavy atom. The minimum Gasteiger partial charge on any atom is -0.469 e. The highest BCUT2D eigenvalue weighted by Gasteiger charge is 2.21. The molecule has 0 radical (unpaired) electrons. The van der Waals surface area contributed by atoms with Gasteiger partial charge in [-0.2, -0.15) is 0 Å². The van der Waals surface area contributed by atoms with Crippen LogP contribution in [0.4, 0.5) is 0 Å². The topological polar surface area (TPSA) is 78.6 Å². The quantitative estimate of drug-likeness (QED) is 0.511. The average Bonchev–Trinajstić information content (AvgIpc) is 2.82. The number of carbonyl (C=O) groups excluding carboxylic acids is 2. The number of rotatable bonds is 9. The molecule has 124 valence electrons. The summed E-state index contributed by atoms with van der Waals surface area (Å²) in [5.41, 5.74) is 1.88. The maximum absolute atomic E-state index is 11.6. The second-order valence-electron chi connectivity index (χ2n) is 5.13. The Bertz CT molecular complexity index is 500. The first kappa shape index (κ1) is 18.6. The van der Waals surface area contributed by atoms with E-state index in [-0.39, 0.29) is 26.7 Å². The predicted molar refractivity (Wildman–Crippen MR) is 84.2 cm³/mol. The molecule has 0 saturated carbocycles. The molecule has 0 bridgehead atoms. The fraction of sp³-hybridized carbons (Fsp3) is 0.667. The number of hydrogen-bond acceptors (Lipinski definition) is 6. The first-order valence-corrected chi connectivity index (χ1v) is 8.76. The first-order chi connectivity index (χ1) is 10.5. The van der Waals surface area contributed by atoms with Crippen LogP contribution in [0.15, 0.2) is 4.52 Å². The fourth-order valence-electron chi connectivity index (χ4n) is 2.29. The largest absolute Gasteiger partial charge is 0.469 e. The second kappa shape index (κ2) is 9.57. The van der Waals surface area contributed by atoms with E-state index in [0.717, 1.165) is 23.4 Å². The van der Waals surface area contributed by atoms with Gasteiger partial charge in [0.25, 0.3) is 0 Å². The van der Waals surface area contributed by atoms with Gasteiger partial charge in [0.05, 0.1) is 21.6 Å². The Labute approximate surface area is 132 Å². The molecule has 1 heterocycles. The van der Waals surface area contributed by atoms with Gasteiger partial charge in [-0.3, -0.25) is 9.59 Å². The third-order valence-electron chi connectivity index (χ3n) is 3.65. The summed E-state index contributed by atoms with van der Waals surface area (Å²) in [4.78, 5) is 22.8. The van der Waals surface area contributed by atoms with Gasteiger partial charge in [0, 0.05) is 24.3 Å². The summed E-state index contributed by atoms with van der Waals surface area (Å²) in [5, 5.41) is 4.12. The molecule has 0 aliphatic rings. The maximum Gasteiger partial charge on any atom is 0.308 e. The number of ether oxygens (including phenoxy) is 1. The summed E-state index contributed by atoms with van der Waals surface area (Å²) in [6.07, 6.45) is 2.78. The van der Waals surface area contributed by atoms with Crippen LogP contribution >= 0.6 is 8.81 Å². The number of esters is 1. The van der Waals surface area contributed by atoms with Crippen molar-refractivity contribution in [1.29, 1.82) is 0 Å². The number of aromatic nitrogens is 1. The van der Waals surface area contributed by atoms with Crippen LogP contribution in [0, 0.1) is 13.8 Å². The van der Waals surface area contributed by atoms with Crippen LogP contribution < -0.4 is 0 Å². The van der Waals surface area contributed by atoms with E-state index in [1.807, 2.05) is 20.5 Å². The van der Waals surface area contributed by atoms with Crippen molar-refractivity contribution in [3.8, 4) is 0 Å². The molecule has 1 aromatic heterocycles. The second-order valence-corrected chi connectivity index (χ2v) is 5.74. The Morgan fingerprint density at radius 1 is 1.23 bits per heavy atom. The SMILES string of the molecule is COC(=O)CCCC(CCC(=O)OPC)c1noc(C)c1C. The first-order valence-electron chi connectivity index (χ1n) is 7.35. The van der Waals surface area contributed by atoms with Crippen molar-refractivity contribution in [2.75, 3.05) is 13.8 Å². The Balaban J connectivity index is 2.66. The predicted octanol–water partition coefficient (Wildman–Crippen LogP) is 3.27. The van der Waals surface area contributed by atoms with Crippen molar-refractivity contribution in [1.82, 2.24) is 5.16 Å². The molecule has 0 N–H and O–H groups in total. The Morgan fingerprint density at radius 3 is 2.50 bits per heavy atom. The molecule has 22 heavy (non-hydrogen) atoms. The van der Waals surface area contributed by atoms with Gasteiger partial charge in [-0.1, -0.05) is 5.16 Å². The van der Waals surface area contributed by atoms with Crippen LogP contribution in [-0.2, 0) is 18.8 Å². The molecule has 2 unspecified atom stereocenters. The molecule has 0 aliphatic carbocycles. The lowest BCUT2D eigenvalue weighted by Crippen LogP contribution is -2.08. The van der Waals surface area contributed by atoms with E-state index in [0.29, 0.717) is 25.7 Å². The Hall–Kier alpha value is -1.42. The molecule has 1 rings (SSSR count). The van der Waals surface area contributed by atoms with Gasteiger partial charge in [0.1, 0.15) is 5.76 Å². The van der Waals surface area contributed by atoms with Crippen molar-refractivity contribution < 1.29 is 23.4 Å². The highest BCUT2D eigenvalue weighted by molar-refractivity contribution is 7.31. The Kier molecular flexibility index (Phi) is 8.10. The lowest BCUT2D eigenvalue weighted by molar-refractivity contribution is -0.140. The third-order valence-corrected chi connectivity index (χ3v) is 4.09. The summed E-state index contributed by atoms with van der Waals surface area (Å²) in [6.45, 7) is 5.64. The van der Waals surface area contributed by atoms with Gasteiger partial charge in [-0.25, -0.2) is 0 Å². The van der Waals surface area contributed by atoms with Gasteiger partial charge >= 0.3 is 11.9 Å². The zero-order valence-corrected chi connectivity index (χ0v) is 14.6. The molecule has 0 fully saturated rings. The summed E-state index contributed by atoms with van der Waals surface area (Å²) in [5.74, 6) is 0.440. The van der Waals surface area contributed by atoms with Crippen molar-refractivity contribution in [2.45, 2.75) is 51.9 Å². The van der Waals surface area contributed by atoms with Crippen LogP contribution in [0.1, 0.15) is 55.0 Å². The number of methoxy groups -OCH3 is 1. The van der Waals surface area contributed by atoms with Gasteiger partial charge in [0.15, 0.2) is 0 Å². The van der Waals surface area contributed by atoms with Crippen molar-refractivity contribution >= 4 is 20.7 Å². The van der Waals surface area contributed by atoms with Crippen molar-refractivity contribution in [3.63, 3.8) is 0 Å². The summed E-state index contributed by atoms with van der Waals surface area (Å²) < 4.78 is 14.9. The molecule has 0 amide bonds. The van der Waals surface area contributed by atoms with Crippen molar-refractivity contribution in [3.05, 3.63) is 17.0 Å². The average molecular weight is 329 g/mol. The third kappa shape index (κ3) is 5.76. The highest BCUT2D eigenvalue weighted by atomic mass is 31.1. The highest BCUT2D eigenvalue weighted by Crippen LogP contribution is 2.30. The minimum absolute atomic E-state index is 0.0786. The molecule has 0 aromatic carbocycles. The number of carbonyl (C=O) groups is 2. The van der Waals surface area contributed by atoms with Crippen LogP contribution in [-0.4, -0.2) is 30.9 Å². The van der Waals surface area contributed by atoms with Gasteiger partial charge < -0.3 is 13.8 Å². The van der Waals surface area contributed by atoms with E-state index in [1.54, 1.807) is 0 Å². The van der Waals surface area contributed by atoms with E-state index >= 15 is 0 Å². The molecule has 0 saturated heterocycles. The molecule has 7 heteroatoms. The molecule has 1 aromatic rings. The minimum atomic E-state index is -0.224. The summed E-state index contributed by atoms with van der Waals surface area (Å²) >= 11 is 0. The zero-order valence-electron chi connectivity index (χ0n) is 13.6. The summed E-state index contributed by atoms with van der Waals surface area (Å²) in [6, 6.07) is 0. The van der Waals surface area contributed by atoms with E-state index in [2.05, 4.69) is 9.89 Å². The molecule has 0 aliphatic heterocycles. The van der Waals surface area contributed by atoms with E-state index in [9.17, 15) is 9.59 Å². The molecule has 6 nitrogen and oxygen atoms in total. The monoisotopic (exact) mass is 329 g/mol. The number of hydrogen-bond donors (Lipinski definition) is 0. The number of nitrogens with zero attached hydrogens (tertiary/aromatic N) is 1. The zero-order chi connectivity index (χ0) is 16.5.